The molecule has 1 amide bonds. The van der Waals surface area contributed by atoms with E-state index in [0.29, 0.717) is 5.56 Å². The number of nitrogens with zero attached hydrogens (tertiary/aromatic N) is 2. The molecule has 4 nitrogen and oxygen atoms in total. The van der Waals surface area contributed by atoms with E-state index in [0.717, 1.165) is 10.9 Å². The molecule has 1 heterocycles. The molecule has 2 N–H and O–H groups in total. The summed E-state index contributed by atoms with van der Waals surface area (Å²) in [5, 5.41) is 1.05. The molecule has 20 heavy (non-hydrogen) atoms. The van der Waals surface area contributed by atoms with Gasteiger partial charge in [-0.25, -0.2) is 0 Å². The number of fused-ring (bicyclic) bond motifs is 1. The second-order valence-corrected chi connectivity index (χ2v) is 4.39. The Kier molecular flexibility index (Phi) is 3.05. The van der Waals surface area contributed by atoms with Crippen LogP contribution in [0.25, 0.3) is 10.9 Å². The quantitative estimate of drug-likeness (QED) is 0.542. The molecule has 0 aliphatic heterocycles. The first-order chi connectivity index (χ1) is 9.75. The maximum Gasteiger partial charge on any atom is 0.280 e. The fourth-order valence-electron chi connectivity index (χ4n) is 2.09. The van der Waals surface area contributed by atoms with E-state index in [1.807, 2.05) is 42.6 Å². The number of carbonyl (C=O) groups excluding carboxylic acids is 1. The van der Waals surface area contributed by atoms with Crippen molar-refractivity contribution in [2.75, 3.05) is 0 Å². The minimum Gasteiger partial charge on any atom is -0.369 e. The van der Waals surface area contributed by atoms with Crippen molar-refractivity contribution in [3.05, 3.63) is 72.4 Å². The number of amides is 1. The Morgan fingerprint density at radius 2 is 1.65 bits per heavy atom. The molecule has 2 aromatic carbocycles. The Balaban J connectivity index is 1.98. The summed E-state index contributed by atoms with van der Waals surface area (Å²) in [7, 11) is 0. The third-order valence-electron chi connectivity index (χ3n) is 3.08. The highest BCUT2D eigenvalue weighted by Crippen LogP contribution is 2.14. The Morgan fingerprint density at radius 3 is 2.45 bits per heavy atom. The summed E-state index contributed by atoms with van der Waals surface area (Å²) in [5.41, 5.74) is 7.38. The average Bonchev–Trinajstić information content (AvgIpc) is 2.92. The van der Waals surface area contributed by atoms with Gasteiger partial charge in [0.1, 0.15) is 0 Å². The average molecular weight is 263 g/mol. The van der Waals surface area contributed by atoms with Crippen molar-refractivity contribution in [3.63, 3.8) is 0 Å². The molecular formula is C16H13N3O. The number of para-hydroxylation sites is 1. The van der Waals surface area contributed by atoms with E-state index in [1.165, 1.54) is 0 Å². The van der Waals surface area contributed by atoms with Gasteiger partial charge in [-0.3, -0.25) is 9.36 Å². The van der Waals surface area contributed by atoms with Crippen molar-refractivity contribution in [3.8, 4) is 0 Å². The SMILES string of the molecule is NC(=NC(=O)c1ccccc1)n1ccc2ccccc21. The summed E-state index contributed by atoms with van der Waals surface area (Å²) in [6.07, 6.45) is 1.81. The molecule has 0 bridgehead atoms. The number of nitrogens with two attached hydrogens (primary N) is 1. The molecule has 0 aliphatic carbocycles. The maximum absolute atomic E-state index is 12.0. The largest absolute Gasteiger partial charge is 0.369 e. The van der Waals surface area contributed by atoms with Crippen LogP contribution in [0.5, 0.6) is 0 Å². The van der Waals surface area contributed by atoms with Gasteiger partial charge < -0.3 is 5.73 Å². The normalized spacial score (nSPS) is 11.7. The van der Waals surface area contributed by atoms with E-state index in [-0.39, 0.29) is 11.9 Å². The molecule has 0 atom stereocenters. The van der Waals surface area contributed by atoms with Gasteiger partial charge in [0, 0.05) is 17.1 Å². The summed E-state index contributed by atoms with van der Waals surface area (Å²) in [6, 6.07) is 18.6. The number of hydrogen-bond acceptors (Lipinski definition) is 1. The van der Waals surface area contributed by atoms with Crippen LogP contribution in [-0.2, 0) is 0 Å². The van der Waals surface area contributed by atoms with E-state index in [9.17, 15) is 4.79 Å². The van der Waals surface area contributed by atoms with Crippen LogP contribution in [0.2, 0.25) is 0 Å². The van der Waals surface area contributed by atoms with Crippen molar-refractivity contribution in [2.45, 2.75) is 0 Å². The Labute approximate surface area is 116 Å². The van der Waals surface area contributed by atoms with Crippen LogP contribution in [0, 0.1) is 0 Å². The van der Waals surface area contributed by atoms with E-state index < -0.39 is 0 Å². The molecule has 3 rings (SSSR count). The Hall–Kier alpha value is -2.88. The third kappa shape index (κ3) is 2.19. The van der Waals surface area contributed by atoms with Gasteiger partial charge in [0.2, 0.25) is 5.96 Å². The fourth-order valence-corrected chi connectivity index (χ4v) is 2.09. The van der Waals surface area contributed by atoms with Crippen molar-refractivity contribution in [1.29, 1.82) is 0 Å². The van der Waals surface area contributed by atoms with Crippen molar-refractivity contribution in [2.24, 2.45) is 10.7 Å². The first-order valence-corrected chi connectivity index (χ1v) is 6.26. The van der Waals surface area contributed by atoms with Gasteiger partial charge in [-0.15, -0.1) is 0 Å². The van der Waals surface area contributed by atoms with Crippen molar-refractivity contribution >= 4 is 22.8 Å². The van der Waals surface area contributed by atoms with Crippen LogP contribution >= 0.6 is 0 Å². The number of hydrogen-bond donors (Lipinski definition) is 1. The number of benzene rings is 2. The van der Waals surface area contributed by atoms with E-state index in [4.69, 9.17) is 5.73 Å². The predicted octanol–water partition coefficient (Wildman–Crippen LogP) is 2.64. The summed E-state index contributed by atoms with van der Waals surface area (Å²) in [4.78, 5) is 16.0. The van der Waals surface area contributed by atoms with Crippen molar-refractivity contribution in [1.82, 2.24) is 4.57 Å². The molecule has 3 aromatic rings. The summed E-state index contributed by atoms with van der Waals surface area (Å²) >= 11 is 0. The molecule has 0 unspecified atom stereocenters. The number of aromatic nitrogens is 1. The lowest BCUT2D eigenvalue weighted by Crippen LogP contribution is -2.23. The van der Waals surface area contributed by atoms with E-state index in [2.05, 4.69) is 4.99 Å². The summed E-state index contributed by atoms with van der Waals surface area (Å²) in [5.74, 6) is -0.180. The van der Waals surface area contributed by atoms with Gasteiger partial charge in [0.05, 0.1) is 5.52 Å². The molecule has 98 valence electrons. The molecule has 0 saturated carbocycles. The number of carbonyl (C=O) groups is 1. The van der Waals surface area contributed by atoms with Crippen LogP contribution in [0.15, 0.2) is 71.9 Å². The predicted molar refractivity (Wildman–Crippen MR) is 79.7 cm³/mol. The molecule has 0 fully saturated rings. The number of aliphatic imine (C=N–C) groups is 1. The minimum absolute atomic E-state index is 0.167. The molecule has 0 spiro atoms. The van der Waals surface area contributed by atoms with Gasteiger partial charge >= 0.3 is 0 Å². The lowest BCUT2D eigenvalue weighted by Gasteiger charge is -2.03. The van der Waals surface area contributed by atoms with E-state index in [1.54, 1.807) is 28.8 Å². The molecule has 4 heteroatoms. The Bertz CT molecular complexity index is 788. The van der Waals surface area contributed by atoms with Gasteiger partial charge in [-0.1, -0.05) is 36.4 Å². The van der Waals surface area contributed by atoms with Gasteiger partial charge in [-0.05, 0) is 24.3 Å². The molecule has 1 aromatic heterocycles. The minimum atomic E-state index is -0.346. The first-order valence-electron chi connectivity index (χ1n) is 6.26. The molecular weight excluding hydrogens is 250 g/mol. The molecule has 0 saturated heterocycles. The van der Waals surface area contributed by atoms with Gasteiger partial charge in [0.15, 0.2) is 0 Å². The van der Waals surface area contributed by atoms with Crippen LogP contribution in [0.4, 0.5) is 0 Å². The third-order valence-corrected chi connectivity index (χ3v) is 3.08. The molecule has 0 aliphatic rings. The second-order valence-electron chi connectivity index (χ2n) is 4.39. The first kappa shape index (κ1) is 12.2. The van der Waals surface area contributed by atoms with Crippen LogP contribution in [0.3, 0.4) is 0 Å². The zero-order valence-electron chi connectivity index (χ0n) is 10.7. The van der Waals surface area contributed by atoms with Crippen molar-refractivity contribution < 1.29 is 4.79 Å². The Morgan fingerprint density at radius 1 is 0.950 bits per heavy atom. The van der Waals surface area contributed by atoms with Crippen LogP contribution in [0.1, 0.15) is 10.4 Å². The topological polar surface area (TPSA) is 60.4 Å². The second kappa shape index (κ2) is 5.01. The van der Waals surface area contributed by atoms with Crippen LogP contribution in [-0.4, -0.2) is 16.4 Å². The highest BCUT2D eigenvalue weighted by molar-refractivity contribution is 6.04. The summed E-state index contributed by atoms with van der Waals surface area (Å²) in [6.45, 7) is 0. The van der Waals surface area contributed by atoms with E-state index >= 15 is 0 Å². The maximum atomic E-state index is 12.0. The zero-order chi connectivity index (χ0) is 13.9. The lowest BCUT2D eigenvalue weighted by molar-refractivity contribution is 0.100. The zero-order valence-corrected chi connectivity index (χ0v) is 10.7. The monoisotopic (exact) mass is 263 g/mol. The highest BCUT2D eigenvalue weighted by atomic mass is 16.1. The van der Waals surface area contributed by atoms with Gasteiger partial charge in [-0.2, -0.15) is 4.99 Å². The smallest absolute Gasteiger partial charge is 0.280 e. The van der Waals surface area contributed by atoms with Gasteiger partial charge in [0.25, 0.3) is 5.91 Å². The van der Waals surface area contributed by atoms with Crippen LogP contribution < -0.4 is 5.73 Å². The lowest BCUT2D eigenvalue weighted by atomic mass is 10.2. The summed E-state index contributed by atoms with van der Waals surface area (Å²) < 4.78 is 1.70. The molecule has 0 radical (unpaired) electrons. The number of rotatable bonds is 1. The fraction of sp³-hybridized carbons (Fsp3) is 0. The standard InChI is InChI=1S/C16H13N3O/c17-16(18-15(20)13-7-2-1-3-8-13)19-11-10-12-6-4-5-9-14(12)19/h1-11H,(H2,17,18,20). The highest BCUT2D eigenvalue weighted by Gasteiger charge is 2.07.